The average Bonchev–Trinajstić information content (AvgIpc) is 2.77. The Hall–Kier alpha value is -0.730. The molecule has 2 atom stereocenters. The Bertz CT molecular complexity index is 450. The van der Waals surface area contributed by atoms with E-state index in [0.29, 0.717) is 16.9 Å². The van der Waals surface area contributed by atoms with E-state index in [1.807, 2.05) is 13.8 Å². The number of thiocarbonyl (C=S) groups is 2. The number of hydrogen-bond acceptors (Lipinski definition) is 6. The van der Waals surface area contributed by atoms with Gasteiger partial charge in [0.2, 0.25) is 0 Å². The maximum Gasteiger partial charge on any atom is 0.416 e. The standard InChI is InChI=1S/C7H11NO2S.C7H11NOS2.CH4/c1-4(2)5-6(11)10-7(9)8(5)3;1-4(2)5-6(10)11-7(9)8(5)3;/h2*4-5H,1-3H3;1H4. The lowest BCUT2D eigenvalue weighted by atomic mass is 10.1. The van der Waals surface area contributed by atoms with Crippen molar-refractivity contribution in [1.82, 2.24) is 9.80 Å². The molecule has 2 fully saturated rings. The van der Waals surface area contributed by atoms with Gasteiger partial charge in [-0.1, -0.05) is 47.3 Å². The quantitative estimate of drug-likeness (QED) is 0.672. The highest BCUT2D eigenvalue weighted by Gasteiger charge is 2.37. The Morgan fingerprint density at radius 1 is 1.00 bits per heavy atom. The summed E-state index contributed by atoms with van der Waals surface area (Å²) in [4.78, 5) is 25.3. The van der Waals surface area contributed by atoms with Gasteiger partial charge >= 0.3 is 6.09 Å². The van der Waals surface area contributed by atoms with Gasteiger partial charge in [-0.3, -0.25) is 9.69 Å². The number of ether oxygens (including phenoxy) is 1. The van der Waals surface area contributed by atoms with Crippen LogP contribution in [0.1, 0.15) is 35.1 Å². The summed E-state index contributed by atoms with van der Waals surface area (Å²) in [5.74, 6) is 0.741. The third kappa shape index (κ3) is 5.12. The molecule has 2 unspecified atom stereocenters. The van der Waals surface area contributed by atoms with E-state index >= 15 is 0 Å². The SMILES string of the molecule is C.CC(C)C1C(=S)OC(=O)N1C.CC(C)C1C(=S)SC(=O)N1C. The van der Waals surface area contributed by atoms with Crippen molar-refractivity contribution in [1.29, 1.82) is 0 Å². The van der Waals surface area contributed by atoms with E-state index in [-0.39, 0.29) is 30.8 Å². The van der Waals surface area contributed by atoms with E-state index < -0.39 is 0 Å². The lowest BCUT2D eigenvalue weighted by Crippen LogP contribution is -2.35. The molecular weight excluding hydrogens is 352 g/mol. The van der Waals surface area contributed by atoms with Crippen LogP contribution in [0.5, 0.6) is 0 Å². The Morgan fingerprint density at radius 3 is 1.65 bits per heavy atom. The van der Waals surface area contributed by atoms with Gasteiger partial charge in [-0.15, -0.1) is 0 Å². The first-order valence-corrected chi connectivity index (χ1v) is 8.68. The summed E-state index contributed by atoms with van der Waals surface area (Å²) in [6.07, 6.45) is -0.339. The molecule has 0 radical (unpaired) electrons. The largest absolute Gasteiger partial charge is 0.416 e. The van der Waals surface area contributed by atoms with Crippen LogP contribution >= 0.6 is 36.2 Å². The normalized spacial score (nSPS) is 24.0. The van der Waals surface area contributed by atoms with Gasteiger partial charge in [-0.2, -0.15) is 0 Å². The van der Waals surface area contributed by atoms with Crippen molar-refractivity contribution in [3.8, 4) is 0 Å². The van der Waals surface area contributed by atoms with Gasteiger partial charge < -0.3 is 9.64 Å². The second kappa shape index (κ2) is 8.94. The molecule has 2 saturated heterocycles. The Labute approximate surface area is 154 Å². The second-order valence-electron chi connectivity index (χ2n) is 5.97. The molecule has 2 heterocycles. The maximum absolute atomic E-state index is 11.1. The third-order valence-electron chi connectivity index (χ3n) is 3.53. The molecule has 2 rings (SSSR count). The zero-order valence-corrected chi connectivity index (χ0v) is 16.1. The molecule has 23 heavy (non-hydrogen) atoms. The zero-order valence-electron chi connectivity index (χ0n) is 13.7. The van der Waals surface area contributed by atoms with Crippen LogP contribution in [-0.4, -0.2) is 56.6 Å². The van der Waals surface area contributed by atoms with Crippen LogP contribution in [0.15, 0.2) is 0 Å². The molecule has 132 valence electrons. The zero-order chi connectivity index (χ0) is 17.2. The van der Waals surface area contributed by atoms with Crippen molar-refractivity contribution in [2.75, 3.05) is 14.1 Å². The topological polar surface area (TPSA) is 49.9 Å². The van der Waals surface area contributed by atoms with Gasteiger partial charge in [0.1, 0.15) is 6.04 Å². The predicted molar refractivity (Wildman–Crippen MR) is 104 cm³/mol. The van der Waals surface area contributed by atoms with Gasteiger partial charge in [-0.05, 0) is 35.8 Å². The highest BCUT2D eigenvalue weighted by atomic mass is 32.2. The smallest absolute Gasteiger partial charge is 0.401 e. The van der Waals surface area contributed by atoms with E-state index in [1.54, 1.807) is 19.0 Å². The molecule has 0 aromatic carbocycles. The van der Waals surface area contributed by atoms with Crippen LogP contribution in [0.25, 0.3) is 0 Å². The number of carbonyl (C=O) groups is 2. The van der Waals surface area contributed by atoms with Gasteiger partial charge in [0.25, 0.3) is 5.24 Å². The third-order valence-corrected chi connectivity index (χ3v) is 5.25. The van der Waals surface area contributed by atoms with Crippen LogP contribution in [0.3, 0.4) is 0 Å². The molecule has 8 heteroatoms. The lowest BCUT2D eigenvalue weighted by Gasteiger charge is -2.21. The van der Waals surface area contributed by atoms with E-state index in [2.05, 4.69) is 13.8 Å². The summed E-state index contributed by atoms with van der Waals surface area (Å²) in [7, 11) is 3.51. The van der Waals surface area contributed by atoms with Gasteiger partial charge in [0, 0.05) is 14.1 Å². The lowest BCUT2D eigenvalue weighted by molar-refractivity contribution is 0.175. The van der Waals surface area contributed by atoms with Crippen molar-refractivity contribution >= 4 is 56.8 Å². The molecule has 0 aromatic rings. The fourth-order valence-electron chi connectivity index (χ4n) is 2.42. The van der Waals surface area contributed by atoms with Gasteiger partial charge in [0.05, 0.1) is 10.2 Å². The monoisotopic (exact) mass is 378 g/mol. The summed E-state index contributed by atoms with van der Waals surface area (Å²) in [6, 6.07) is 0.125. The van der Waals surface area contributed by atoms with Crippen molar-refractivity contribution in [2.45, 2.75) is 47.2 Å². The highest BCUT2D eigenvalue weighted by Crippen LogP contribution is 2.29. The van der Waals surface area contributed by atoms with Crippen LogP contribution < -0.4 is 0 Å². The molecule has 2 amide bonds. The van der Waals surface area contributed by atoms with Crippen LogP contribution in [0, 0.1) is 11.8 Å². The van der Waals surface area contributed by atoms with Crippen molar-refractivity contribution in [3.05, 3.63) is 0 Å². The van der Waals surface area contributed by atoms with E-state index in [1.165, 1.54) is 16.7 Å². The molecule has 0 saturated carbocycles. The summed E-state index contributed by atoms with van der Waals surface area (Å²) in [6.45, 7) is 8.17. The average molecular weight is 379 g/mol. The minimum atomic E-state index is -0.339. The first kappa shape index (κ1) is 22.3. The van der Waals surface area contributed by atoms with Crippen molar-refractivity contribution in [2.24, 2.45) is 11.8 Å². The van der Waals surface area contributed by atoms with E-state index in [0.717, 1.165) is 4.20 Å². The summed E-state index contributed by atoms with van der Waals surface area (Å²) in [5, 5.41) is 0.473. The first-order valence-electron chi connectivity index (χ1n) is 7.04. The Kier molecular flexibility index (Phi) is 8.65. The Morgan fingerprint density at radius 2 is 1.48 bits per heavy atom. The summed E-state index contributed by atoms with van der Waals surface area (Å²) in [5.41, 5.74) is 0. The number of thioether (sulfide) groups is 1. The second-order valence-corrected chi connectivity index (χ2v) is 8.07. The molecule has 2 aliphatic heterocycles. The van der Waals surface area contributed by atoms with Crippen LogP contribution in [0.2, 0.25) is 0 Å². The fourth-order valence-corrected chi connectivity index (χ4v) is 4.55. The molecule has 5 nitrogen and oxygen atoms in total. The molecule has 2 aliphatic rings. The molecule has 0 N–H and O–H groups in total. The summed E-state index contributed by atoms with van der Waals surface area (Å²) < 4.78 is 5.58. The Balaban J connectivity index is 0.000000403. The fraction of sp³-hybridized carbons (Fsp3) is 0.733. The highest BCUT2D eigenvalue weighted by molar-refractivity contribution is 8.33. The number of nitrogens with zero attached hydrogens (tertiary/aromatic N) is 2. The minimum absolute atomic E-state index is 0. The van der Waals surface area contributed by atoms with E-state index in [9.17, 15) is 9.59 Å². The summed E-state index contributed by atoms with van der Waals surface area (Å²) >= 11 is 11.1. The van der Waals surface area contributed by atoms with Crippen molar-refractivity contribution in [3.63, 3.8) is 0 Å². The number of hydrogen-bond donors (Lipinski definition) is 0. The number of cyclic esters (lactones) is 1. The minimum Gasteiger partial charge on any atom is -0.401 e. The molecular formula is C15H26N2O3S3. The number of likely N-dealkylation sites (N-methyl/N-ethyl adjacent to an activating group) is 1. The molecule has 0 bridgehead atoms. The van der Waals surface area contributed by atoms with Crippen molar-refractivity contribution < 1.29 is 14.3 Å². The van der Waals surface area contributed by atoms with Crippen LogP contribution in [0.4, 0.5) is 9.59 Å². The number of rotatable bonds is 2. The van der Waals surface area contributed by atoms with E-state index in [4.69, 9.17) is 29.2 Å². The number of amides is 2. The molecule has 0 aliphatic carbocycles. The molecule has 0 spiro atoms. The maximum atomic E-state index is 11.1. The van der Waals surface area contributed by atoms with Gasteiger partial charge in [0.15, 0.2) is 5.05 Å². The first-order chi connectivity index (χ1) is 10.1. The number of carbonyl (C=O) groups excluding carboxylic acids is 2. The predicted octanol–water partition coefficient (Wildman–Crippen LogP) is 4.19. The van der Waals surface area contributed by atoms with Crippen LogP contribution in [-0.2, 0) is 4.74 Å². The van der Waals surface area contributed by atoms with Gasteiger partial charge in [-0.25, -0.2) is 4.79 Å². The molecule has 0 aromatic heterocycles.